The van der Waals surface area contributed by atoms with Crippen LogP contribution in [0, 0.1) is 0 Å². The zero-order valence-electron chi connectivity index (χ0n) is 10.1. The average Bonchev–Trinajstić information content (AvgIpc) is 2.18. The highest BCUT2D eigenvalue weighted by molar-refractivity contribution is 7.45. The Labute approximate surface area is 147 Å². The molecule has 0 aromatic carbocycles. The summed E-state index contributed by atoms with van der Waals surface area (Å²) in [4.78, 5) is 21.6. The van der Waals surface area contributed by atoms with Gasteiger partial charge in [0.25, 0.3) is 0 Å². The molecule has 1 rings (SSSR count). The number of phosphoric acid groups is 1. The molecule has 128 valence electrons. The van der Waals surface area contributed by atoms with E-state index in [-0.39, 0.29) is 18.5 Å². The van der Waals surface area contributed by atoms with Gasteiger partial charge in [0, 0.05) is 0 Å². The Kier molecular flexibility index (Phi) is 18.1. The lowest BCUT2D eigenvalue weighted by atomic mass is 9.97. The first-order chi connectivity index (χ1) is 7.46. The summed E-state index contributed by atoms with van der Waals surface area (Å²) in [5, 5.41) is -2.62. The van der Waals surface area contributed by atoms with Gasteiger partial charge in [0.1, 0.15) is 0 Å². The molecule has 1 fully saturated rings. The molecule has 1 aliphatic carbocycles. The van der Waals surface area contributed by atoms with Crippen LogP contribution in [-0.2, 0) is 4.57 Å². The van der Waals surface area contributed by atoms with Gasteiger partial charge in [-0.15, -0.1) is 69.6 Å². The Balaban J connectivity index is -0.000000141. The van der Waals surface area contributed by atoms with E-state index in [1.54, 1.807) is 0 Å². The molecule has 1 saturated carbocycles. The number of hydrogen-bond donors (Lipinski definition) is 6. The minimum absolute atomic E-state index is 0. The Morgan fingerprint density at radius 2 is 0.600 bits per heavy atom. The van der Waals surface area contributed by atoms with Crippen molar-refractivity contribution in [3.05, 3.63) is 0 Å². The van der Waals surface area contributed by atoms with E-state index in [1.165, 1.54) is 0 Å². The molecule has 0 atom stereocenters. The number of hydrogen-bond acceptors (Lipinski definition) is 4. The molecule has 0 unspecified atom stereocenters. The van der Waals surface area contributed by atoms with Gasteiger partial charge < -0.3 is 33.1 Å². The Bertz CT molecular complexity index is 233. The molecular formula is C6H18Cl6N3O4P. The SMILES string of the molecule is Cl[C@H]1[C@H](Cl)[C@@H](Cl)[C@@H](Cl)[C@H](Cl)[C@H]1Cl.N.N.N.O=P(O)(O)O. The summed E-state index contributed by atoms with van der Waals surface area (Å²) in [5.41, 5.74) is 0. The Morgan fingerprint density at radius 1 is 0.550 bits per heavy atom. The predicted molar refractivity (Wildman–Crippen MR) is 87.2 cm³/mol. The Hall–Kier alpha value is 1.73. The van der Waals surface area contributed by atoms with E-state index in [0.29, 0.717) is 0 Å². The maximum Gasteiger partial charge on any atom is 0.466 e. The first-order valence-corrected chi connectivity index (χ1v) is 8.28. The number of alkyl halides is 6. The minimum atomic E-state index is -4.64. The third-order valence-corrected chi connectivity index (χ3v) is 5.86. The molecule has 0 bridgehead atoms. The van der Waals surface area contributed by atoms with Crippen LogP contribution in [0.15, 0.2) is 0 Å². The van der Waals surface area contributed by atoms with E-state index in [2.05, 4.69) is 0 Å². The maximum absolute atomic E-state index is 8.88. The van der Waals surface area contributed by atoms with Gasteiger partial charge in [-0.1, -0.05) is 0 Å². The summed E-state index contributed by atoms with van der Waals surface area (Å²) in [6.45, 7) is 0. The summed E-state index contributed by atoms with van der Waals surface area (Å²) in [6, 6.07) is 0. The van der Waals surface area contributed by atoms with Gasteiger partial charge in [-0.25, -0.2) is 4.57 Å². The van der Waals surface area contributed by atoms with Gasteiger partial charge in [-0.3, -0.25) is 0 Å². The van der Waals surface area contributed by atoms with E-state index in [9.17, 15) is 0 Å². The van der Waals surface area contributed by atoms with E-state index in [1.807, 2.05) is 0 Å². The van der Waals surface area contributed by atoms with Gasteiger partial charge in [-0.05, 0) is 0 Å². The van der Waals surface area contributed by atoms with E-state index >= 15 is 0 Å². The fourth-order valence-electron chi connectivity index (χ4n) is 1.05. The monoisotopic (exact) mass is 437 g/mol. The largest absolute Gasteiger partial charge is 0.466 e. The second kappa shape index (κ2) is 12.2. The van der Waals surface area contributed by atoms with Crippen molar-refractivity contribution in [2.75, 3.05) is 0 Å². The second-order valence-electron chi connectivity index (χ2n) is 3.18. The topological polar surface area (TPSA) is 183 Å². The first-order valence-electron chi connectivity index (χ1n) is 4.09. The summed E-state index contributed by atoms with van der Waals surface area (Å²) < 4.78 is 8.88. The van der Waals surface area contributed by atoms with Gasteiger partial charge in [0.15, 0.2) is 0 Å². The molecule has 20 heavy (non-hydrogen) atoms. The van der Waals surface area contributed by atoms with Crippen LogP contribution in [0.5, 0.6) is 0 Å². The molecule has 0 aliphatic heterocycles. The lowest BCUT2D eigenvalue weighted by molar-refractivity contribution is 0.275. The quantitative estimate of drug-likeness (QED) is 0.247. The molecule has 0 heterocycles. The van der Waals surface area contributed by atoms with Crippen molar-refractivity contribution < 1.29 is 19.2 Å². The summed E-state index contributed by atoms with van der Waals surface area (Å²) in [5.74, 6) is 0. The molecule has 12 N–H and O–H groups in total. The maximum atomic E-state index is 8.88. The molecule has 0 amide bonds. The van der Waals surface area contributed by atoms with Crippen LogP contribution in [0.4, 0.5) is 0 Å². The van der Waals surface area contributed by atoms with Crippen LogP contribution in [0.3, 0.4) is 0 Å². The van der Waals surface area contributed by atoms with Crippen molar-refractivity contribution in [3.8, 4) is 0 Å². The minimum Gasteiger partial charge on any atom is -0.344 e. The van der Waals surface area contributed by atoms with Gasteiger partial charge in [-0.2, -0.15) is 0 Å². The van der Waals surface area contributed by atoms with Crippen LogP contribution < -0.4 is 18.5 Å². The van der Waals surface area contributed by atoms with Crippen molar-refractivity contribution >= 4 is 77.4 Å². The highest BCUT2D eigenvalue weighted by atomic mass is 35.5. The third-order valence-electron chi connectivity index (χ3n) is 1.83. The van der Waals surface area contributed by atoms with Crippen molar-refractivity contribution in [1.29, 1.82) is 0 Å². The summed E-state index contributed by atoms with van der Waals surface area (Å²) in [7, 11) is -4.64. The molecule has 1 aliphatic rings. The first kappa shape index (κ1) is 29.7. The van der Waals surface area contributed by atoms with Crippen LogP contribution >= 0.6 is 77.4 Å². The number of rotatable bonds is 0. The van der Waals surface area contributed by atoms with Crippen LogP contribution in [-0.4, -0.2) is 46.9 Å². The van der Waals surface area contributed by atoms with Crippen molar-refractivity contribution in [2.45, 2.75) is 32.3 Å². The second-order valence-corrected chi connectivity index (χ2v) is 7.23. The van der Waals surface area contributed by atoms with Gasteiger partial charge in [0.2, 0.25) is 0 Å². The summed E-state index contributed by atoms with van der Waals surface area (Å²) in [6.07, 6.45) is 0. The normalized spacial score (nSPS) is 36.2. The Morgan fingerprint density at radius 3 is 0.650 bits per heavy atom. The van der Waals surface area contributed by atoms with E-state index in [0.717, 1.165) is 0 Å². The van der Waals surface area contributed by atoms with Crippen LogP contribution in [0.2, 0.25) is 0 Å². The highest BCUT2D eigenvalue weighted by Gasteiger charge is 2.46. The predicted octanol–water partition coefficient (Wildman–Crippen LogP) is 3.20. The van der Waals surface area contributed by atoms with Crippen molar-refractivity contribution in [1.82, 2.24) is 18.5 Å². The fourth-order valence-corrected chi connectivity index (χ4v) is 3.38. The lowest BCUT2D eigenvalue weighted by Crippen LogP contribution is -2.52. The molecule has 0 radical (unpaired) electrons. The zero-order valence-corrected chi connectivity index (χ0v) is 15.5. The molecule has 0 aromatic rings. The van der Waals surface area contributed by atoms with E-state index in [4.69, 9.17) is 88.9 Å². The molecule has 0 aromatic heterocycles. The highest BCUT2D eigenvalue weighted by Crippen LogP contribution is 2.39. The third kappa shape index (κ3) is 10.5. The summed E-state index contributed by atoms with van der Waals surface area (Å²) >= 11 is 35.3. The van der Waals surface area contributed by atoms with Crippen molar-refractivity contribution in [2.24, 2.45) is 0 Å². The number of halogens is 6. The lowest BCUT2D eigenvalue weighted by Gasteiger charge is -2.37. The molecule has 0 saturated heterocycles. The molecule has 7 nitrogen and oxygen atoms in total. The van der Waals surface area contributed by atoms with Gasteiger partial charge in [0.05, 0.1) is 32.3 Å². The standard InChI is InChI=1S/C6H6Cl6.3H3N.H3O4P/c7-1-2(8)4(10)6(12)5(11)3(1)9;;;;1-5(2,3)4/h1-6H;3*1H3;(H3,1,2,3,4)/t1-,2-,3-,4+,5+,6+;;;;. The smallest absolute Gasteiger partial charge is 0.344 e. The fraction of sp³-hybridized carbons (Fsp3) is 1.00. The van der Waals surface area contributed by atoms with E-state index < -0.39 is 40.1 Å². The van der Waals surface area contributed by atoms with Crippen LogP contribution in [0.1, 0.15) is 0 Å². The zero-order chi connectivity index (χ0) is 14.0. The molecule has 0 spiro atoms. The van der Waals surface area contributed by atoms with Crippen molar-refractivity contribution in [3.63, 3.8) is 0 Å². The molecule has 14 heteroatoms. The molecular weight excluding hydrogens is 422 g/mol. The van der Waals surface area contributed by atoms with Gasteiger partial charge >= 0.3 is 7.82 Å². The van der Waals surface area contributed by atoms with Crippen LogP contribution in [0.25, 0.3) is 0 Å². The average molecular weight is 440 g/mol.